The van der Waals surface area contributed by atoms with E-state index in [0.717, 1.165) is 0 Å². The third kappa shape index (κ3) is 2.37. The Balaban J connectivity index is 2.26. The Morgan fingerprint density at radius 2 is 2.00 bits per heavy atom. The number of aliphatic hydroxyl groups is 1. The molecule has 1 N–H and O–H groups in total. The normalized spacial score (nSPS) is 39.3. The largest absolute Gasteiger partial charge is 0.408 e. The van der Waals surface area contributed by atoms with Crippen LogP contribution in [0.25, 0.3) is 0 Å². The zero-order valence-electron chi connectivity index (χ0n) is 13.9. The lowest BCUT2D eigenvalue weighted by atomic mass is 9.91. The van der Waals surface area contributed by atoms with E-state index in [2.05, 4.69) is 33.9 Å². The van der Waals surface area contributed by atoms with Gasteiger partial charge in [-0.15, -0.1) is 0 Å². The van der Waals surface area contributed by atoms with Crippen LogP contribution in [0.5, 0.6) is 0 Å². The molecule has 4 nitrogen and oxygen atoms in total. The van der Waals surface area contributed by atoms with Crippen molar-refractivity contribution in [2.75, 3.05) is 6.61 Å². The average molecular weight is 302 g/mol. The van der Waals surface area contributed by atoms with Gasteiger partial charge in [0.1, 0.15) is 17.8 Å². The van der Waals surface area contributed by atoms with Gasteiger partial charge in [-0.3, -0.25) is 0 Å². The molecule has 2 bridgehead atoms. The van der Waals surface area contributed by atoms with E-state index in [-0.39, 0.29) is 23.4 Å². The van der Waals surface area contributed by atoms with Gasteiger partial charge in [-0.25, -0.2) is 0 Å². The van der Waals surface area contributed by atoms with E-state index < -0.39 is 20.0 Å². The van der Waals surface area contributed by atoms with Crippen molar-refractivity contribution < 1.29 is 19.0 Å². The molecular weight excluding hydrogens is 272 g/mol. The first-order valence-electron chi connectivity index (χ1n) is 7.70. The van der Waals surface area contributed by atoms with E-state index in [4.69, 9.17) is 13.9 Å². The van der Waals surface area contributed by atoms with Crippen molar-refractivity contribution in [3.05, 3.63) is 0 Å². The first kappa shape index (κ1) is 16.4. The Morgan fingerprint density at radius 1 is 1.40 bits per heavy atom. The lowest BCUT2D eigenvalue weighted by Crippen LogP contribution is -2.56. The first-order chi connectivity index (χ1) is 9.05. The van der Waals surface area contributed by atoms with E-state index >= 15 is 0 Å². The molecule has 0 radical (unpaired) electrons. The SMILES string of the molecule is CC[C@H](O)[C@@]12CO[C@@H]([C@H](C)O1)[C@@H]2O[Si](C)(C)C(C)(C)C. The molecule has 2 rings (SSSR count). The van der Waals surface area contributed by atoms with Crippen LogP contribution in [0.15, 0.2) is 0 Å². The van der Waals surface area contributed by atoms with Crippen molar-refractivity contribution in [2.24, 2.45) is 0 Å². The highest BCUT2D eigenvalue weighted by Crippen LogP contribution is 2.48. The summed E-state index contributed by atoms with van der Waals surface area (Å²) in [4.78, 5) is 0. The molecule has 2 fully saturated rings. The number of fused-ring (bicyclic) bond motifs is 2. The monoisotopic (exact) mass is 302 g/mol. The summed E-state index contributed by atoms with van der Waals surface area (Å²) in [5.74, 6) is 0. The minimum Gasteiger partial charge on any atom is -0.408 e. The van der Waals surface area contributed by atoms with Crippen molar-refractivity contribution >= 4 is 8.32 Å². The minimum absolute atomic E-state index is 0.0141. The highest BCUT2D eigenvalue weighted by atomic mass is 28.4. The van der Waals surface area contributed by atoms with Gasteiger partial charge < -0.3 is 19.0 Å². The van der Waals surface area contributed by atoms with Gasteiger partial charge >= 0.3 is 0 Å². The van der Waals surface area contributed by atoms with Crippen molar-refractivity contribution in [3.8, 4) is 0 Å². The number of ether oxygens (including phenoxy) is 2. The van der Waals surface area contributed by atoms with E-state index in [1.165, 1.54) is 0 Å². The number of hydrogen-bond donors (Lipinski definition) is 1. The summed E-state index contributed by atoms with van der Waals surface area (Å²) in [6.45, 7) is 15.6. The van der Waals surface area contributed by atoms with Crippen LogP contribution in [0.3, 0.4) is 0 Å². The van der Waals surface area contributed by atoms with E-state index in [1.54, 1.807) is 0 Å². The Bertz CT molecular complexity index is 365. The van der Waals surface area contributed by atoms with Gasteiger partial charge in [0.25, 0.3) is 0 Å². The van der Waals surface area contributed by atoms with Crippen molar-refractivity contribution in [2.45, 2.75) is 89.2 Å². The molecule has 0 spiro atoms. The molecule has 0 aromatic heterocycles. The van der Waals surface area contributed by atoms with Crippen molar-refractivity contribution in [1.29, 1.82) is 0 Å². The summed E-state index contributed by atoms with van der Waals surface area (Å²) in [6.07, 6.45) is -0.0919. The first-order valence-corrected chi connectivity index (χ1v) is 10.6. The fraction of sp³-hybridized carbons (Fsp3) is 1.00. The lowest BCUT2D eigenvalue weighted by Gasteiger charge is -2.42. The molecule has 2 saturated heterocycles. The van der Waals surface area contributed by atoms with Crippen LogP contribution in [0.2, 0.25) is 18.1 Å². The maximum atomic E-state index is 10.5. The second kappa shape index (κ2) is 5.06. The van der Waals surface area contributed by atoms with Crippen LogP contribution in [-0.2, 0) is 13.9 Å². The lowest BCUT2D eigenvalue weighted by molar-refractivity contribution is -0.182. The summed E-state index contributed by atoms with van der Waals surface area (Å²) in [7, 11) is -1.92. The van der Waals surface area contributed by atoms with Crippen molar-refractivity contribution in [3.63, 3.8) is 0 Å². The van der Waals surface area contributed by atoms with Gasteiger partial charge in [-0.05, 0) is 31.5 Å². The van der Waals surface area contributed by atoms with E-state index in [9.17, 15) is 5.11 Å². The van der Waals surface area contributed by atoms with Crippen LogP contribution >= 0.6 is 0 Å². The molecular formula is C15H30O4Si. The van der Waals surface area contributed by atoms with Crippen molar-refractivity contribution in [1.82, 2.24) is 0 Å². The standard InChI is InChI=1S/C15H30O4Si/c1-8-11(16)15-9-17-12(10(2)18-15)13(15)19-20(6,7)14(3,4)5/h10-13,16H,8-9H2,1-7H3/t10-,11-,12-,13-,15+/m0/s1. The van der Waals surface area contributed by atoms with Crippen LogP contribution in [0, 0.1) is 0 Å². The smallest absolute Gasteiger partial charge is 0.192 e. The summed E-state index contributed by atoms with van der Waals surface area (Å²) >= 11 is 0. The number of hydrogen-bond acceptors (Lipinski definition) is 4. The predicted molar refractivity (Wildman–Crippen MR) is 81.4 cm³/mol. The van der Waals surface area contributed by atoms with Crippen LogP contribution in [0.4, 0.5) is 0 Å². The molecule has 2 aliphatic rings. The Morgan fingerprint density at radius 3 is 2.45 bits per heavy atom. The fourth-order valence-electron chi connectivity index (χ4n) is 2.94. The Hall–Kier alpha value is 0.0569. The number of aliphatic hydroxyl groups excluding tert-OH is 1. The molecule has 2 heterocycles. The summed E-state index contributed by atoms with van der Waals surface area (Å²) in [5, 5.41) is 10.6. The minimum atomic E-state index is -1.92. The Kier molecular flexibility index (Phi) is 4.15. The van der Waals surface area contributed by atoms with E-state index in [1.807, 2.05) is 13.8 Å². The molecule has 0 saturated carbocycles. The molecule has 2 aliphatic heterocycles. The predicted octanol–water partition coefficient (Wildman–Crippen LogP) is 2.70. The highest BCUT2D eigenvalue weighted by molar-refractivity contribution is 6.74. The van der Waals surface area contributed by atoms with Gasteiger partial charge in [-0.1, -0.05) is 27.7 Å². The third-order valence-electron chi connectivity index (χ3n) is 5.33. The molecule has 5 heteroatoms. The summed E-state index contributed by atoms with van der Waals surface area (Å²) in [5.41, 5.74) is -0.672. The summed E-state index contributed by atoms with van der Waals surface area (Å²) in [6, 6.07) is 0. The van der Waals surface area contributed by atoms with Gasteiger partial charge in [0.15, 0.2) is 8.32 Å². The molecule has 0 unspecified atom stereocenters. The zero-order chi connectivity index (χ0) is 15.3. The van der Waals surface area contributed by atoms with Crippen LogP contribution < -0.4 is 0 Å². The highest BCUT2D eigenvalue weighted by Gasteiger charge is 2.65. The van der Waals surface area contributed by atoms with Crippen LogP contribution in [-0.4, -0.2) is 50.0 Å². The van der Waals surface area contributed by atoms with Gasteiger partial charge in [0.05, 0.1) is 18.8 Å². The average Bonchev–Trinajstić information content (AvgIpc) is 2.78. The third-order valence-corrected chi connectivity index (χ3v) is 9.78. The van der Waals surface area contributed by atoms with E-state index in [0.29, 0.717) is 13.0 Å². The second-order valence-corrected chi connectivity index (χ2v) is 12.5. The quantitative estimate of drug-likeness (QED) is 0.811. The molecule has 118 valence electrons. The Labute approximate surface area is 123 Å². The molecule has 5 atom stereocenters. The van der Waals surface area contributed by atoms with Gasteiger partial charge in [-0.2, -0.15) is 0 Å². The van der Waals surface area contributed by atoms with Gasteiger partial charge in [0, 0.05) is 0 Å². The molecule has 20 heavy (non-hydrogen) atoms. The number of rotatable bonds is 4. The molecule has 0 aromatic carbocycles. The second-order valence-electron chi connectivity index (χ2n) is 7.78. The topological polar surface area (TPSA) is 47.9 Å². The summed E-state index contributed by atoms with van der Waals surface area (Å²) < 4.78 is 18.5. The molecule has 0 aliphatic carbocycles. The fourth-order valence-corrected chi connectivity index (χ4v) is 4.26. The maximum Gasteiger partial charge on any atom is 0.192 e. The molecule has 0 amide bonds. The van der Waals surface area contributed by atoms with Gasteiger partial charge in [0.2, 0.25) is 0 Å². The zero-order valence-corrected chi connectivity index (χ0v) is 14.9. The maximum absolute atomic E-state index is 10.5. The van der Waals surface area contributed by atoms with Crippen LogP contribution in [0.1, 0.15) is 41.0 Å². The molecule has 0 aromatic rings.